The van der Waals surface area contributed by atoms with E-state index in [9.17, 15) is 4.79 Å². The Hall–Kier alpha value is -2.81. The summed E-state index contributed by atoms with van der Waals surface area (Å²) in [4.78, 5) is 14.6. The number of thioether (sulfide) groups is 1. The van der Waals surface area contributed by atoms with Gasteiger partial charge in [-0.1, -0.05) is 41.6 Å². The van der Waals surface area contributed by atoms with Crippen molar-refractivity contribution in [3.63, 3.8) is 0 Å². The minimum atomic E-state index is -0.467. The quantitative estimate of drug-likeness (QED) is 0.232. The molecule has 172 valence electrons. The van der Waals surface area contributed by atoms with Gasteiger partial charge in [-0.05, 0) is 58.3 Å². The minimum Gasteiger partial charge on any atom is -0.460 e. The first kappa shape index (κ1) is 23.4. The van der Waals surface area contributed by atoms with Crippen LogP contribution >= 0.6 is 23.4 Å². The molecule has 4 rings (SSSR count). The highest BCUT2D eigenvalue weighted by Gasteiger charge is 2.25. The molecule has 33 heavy (non-hydrogen) atoms. The lowest BCUT2D eigenvalue weighted by Crippen LogP contribution is -2.20. The summed E-state index contributed by atoms with van der Waals surface area (Å²) in [5.41, 5.74) is 2.34. The van der Waals surface area contributed by atoms with Crippen LogP contribution in [-0.2, 0) is 10.5 Å². The molecule has 0 bridgehead atoms. The number of hydrogen-bond donors (Lipinski definition) is 0. The van der Waals surface area contributed by atoms with Gasteiger partial charge in [0.2, 0.25) is 5.76 Å². The molecule has 0 aliphatic rings. The molecule has 2 aromatic heterocycles. The Morgan fingerprint density at radius 1 is 1.18 bits per heavy atom. The lowest BCUT2D eigenvalue weighted by atomic mass is 10.1. The number of aromatic nitrogens is 3. The molecule has 0 aliphatic heterocycles. The van der Waals surface area contributed by atoms with Crippen molar-refractivity contribution in [3.05, 3.63) is 70.7 Å². The molecule has 2 aromatic carbocycles. The Balaban J connectivity index is 1.74. The highest BCUT2D eigenvalue weighted by Crippen LogP contribution is 2.34. The van der Waals surface area contributed by atoms with E-state index in [1.54, 1.807) is 6.92 Å². The summed E-state index contributed by atoms with van der Waals surface area (Å²) in [5.74, 6) is 1.04. The lowest BCUT2D eigenvalue weighted by molar-refractivity contribution is 0.0491. The van der Waals surface area contributed by atoms with E-state index < -0.39 is 5.97 Å². The molecular weight excluding hydrogens is 460 g/mol. The molecule has 0 N–H and O–H groups in total. The van der Waals surface area contributed by atoms with Crippen LogP contribution in [0.2, 0.25) is 5.02 Å². The second-order valence-corrected chi connectivity index (χ2v) is 9.09. The molecule has 0 aliphatic carbocycles. The molecule has 0 spiro atoms. The van der Waals surface area contributed by atoms with Crippen LogP contribution in [0.15, 0.2) is 58.1 Å². The molecule has 0 radical (unpaired) electrons. The molecule has 0 saturated carbocycles. The van der Waals surface area contributed by atoms with Gasteiger partial charge in [-0.2, -0.15) is 0 Å². The van der Waals surface area contributed by atoms with Crippen LogP contribution in [-0.4, -0.2) is 46.3 Å². The van der Waals surface area contributed by atoms with E-state index in [0.717, 1.165) is 22.5 Å². The number of carbonyl (C=O) groups is 1. The van der Waals surface area contributed by atoms with E-state index >= 15 is 0 Å². The SMILES string of the molecule is CCOC(=O)c1oc2ccccc2c1CSc1nnc([C@@H](C)N(C)C)n1-c1ccc(Cl)cc1. The van der Waals surface area contributed by atoms with Crippen molar-refractivity contribution in [1.29, 1.82) is 0 Å². The van der Waals surface area contributed by atoms with Crippen molar-refractivity contribution in [2.75, 3.05) is 20.7 Å². The van der Waals surface area contributed by atoms with Gasteiger partial charge in [-0.15, -0.1) is 10.2 Å². The number of fused-ring (bicyclic) bond motifs is 1. The largest absolute Gasteiger partial charge is 0.460 e. The Bertz CT molecular complexity index is 1270. The van der Waals surface area contributed by atoms with Crippen LogP contribution in [0.25, 0.3) is 16.7 Å². The fourth-order valence-corrected chi connectivity index (χ4v) is 4.56. The van der Waals surface area contributed by atoms with E-state index in [1.165, 1.54) is 11.8 Å². The number of esters is 1. The van der Waals surface area contributed by atoms with Crippen LogP contribution in [0.3, 0.4) is 0 Å². The second kappa shape index (κ2) is 9.99. The van der Waals surface area contributed by atoms with Gasteiger partial charge in [0.1, 0.15) is 5.58 Å². The van der Waals surface area contributed by atoms with E-state index in [4.69, 9.17) is 20.8 Å². The van der Waals surface area contributed by atoms with E-state index in [2.05, 4.69) is 22.0 Å². The van der Waals surface area contributed by atoms with Gasteiger partial charge in [-0.25, -0.2) is 4.79 Å². The minimum absolute atomic E-state index is 0.0346. The zero-order valence-electron chi connectivity index (χ0n) is 18.9. The lowest BCUT2D eigenvalue weighted by Gasteiger charge is -2.20. The molecule has 0 amide bonds. The first-order valence-corrected chi connectivity index (χ1v) is 11.9. The number of carbonyl (C=O) groups excluding carboxylic acids is 1. The number of nitrogens with zero attached hydrogens (tertiary/aromatic N) is 4. The summed E-state index contributed by atoms with van der Waals surface area (Å²) in [6, 6.07) is 15.2. The molecule has 9 heteroatoms. The summed E-state index contributed by atoms with van der Waals surface area (Å²) < 4.78 is 13.1. The average Bonchev–Trinajstić information content (AvgIpc) is 3.39. The molecule has 4 aromatic rings. The number of halogens is 1. The summed E-state index contributed by atoms with van der Waals surface area (Å²) in [7, 11) is 4.00. The Labute approximate surface area is 201 Å². The summed E-state index contributed by atoms with van der Waals surface area (Å²) in [6.45, 7) is 4.13. The Kier molecular flexibility index (Phi) is 7.07. The van der Waals surface area contributed by atoms with Crippen molar-refractivity contribution < 1.29 is 13.9 Å². The van der Waals surface area contributed by atoms with Gasteiger partial charge in [-0.3, -0.25) is 9.47 Å². The van der Waals surface area contributed by atoms with Crippen LogP contribution in [0.1, 0.15) is 41.8 Å². The van der Waals surface area contributed by atoms with E-state index in [1.807, 2.05) is 67.2 Å². The Morgan fingerprint density at radius 2 is 1.91 bits per heavy atom. The van der Waals surface area contributed by atoms with Gasteiger partial charge in [0.05, 0.1) is 12.6 Å². The maximum absolute atomic E-state index is 12.6. The fraction of sp³-hybridized carbons (Fsp3) is 0.292. The Morgan fingerprint density at radius 3 is 2.61 bits per heavy atom. The highest BCUT2D eigenvalue weighted by atomic mass is 35.5. The van der Waals surface area contributed by atoms with Crippen molar-refractivity contribution in [1.82, 2.24) is 19.7 Å². The maximum atomic E-state index is 12.6. The smallest absolute Gasteiger partial charge is 0.374 e. The van der Waals surface area contributed by atoms with Gasteiger partial charge < -0.3 is 9.15 Å². The standard InChI is InChI=1S/C24H25ClN4O3S/c1-5-31-23(30)21-19(18-8-6-7-9-20(18)32-21)14-33-24-27-26-22(15(2)28(3)4)29(24)17-12-10-16(25)11-13-17/h6-13,15H,5,14H2,1-4H3/t15-/m1/s1. The van der Waals surface area contributed by atoms with Gasteiger partial charge in [0, 0.05) is 27.4 Å². The molecule has 2 heterocycles. The van der Waals surface area contributed by atoms with Crippen LogP contribution in [0.4, 0.5) is 0 Å². The fourth-order valence-electron chi connectivity index (χ4n) is 3.45. The number of para-hydroxylation sites is 1. The number of benzene rings is 2. The monoisotopic (exact) mass is 484 g/mol. The number of hydrogen-bond acceptors (Lipinski definition) is 7. The van der Waals surface area contributed by atoms with Crippen molar-refractivity contribution in [2.24, 2.45) is 0 Å². The first-order valence-electron chi connectivity index (χ1n) is 10.6. The summed E-state index contributed by atoms with van der Waals surface area (Å²) in [5, 5.41) is 11.2. The number of furan rings is 1. The first-order chi connectivity index (χ1) is 15.9. The number of rotatable bonds is 8. The van der Waals surface area contributed by atoms with Gasteiger partial charge in [0.15, 0.2) is 11.0 Å². The second-order valence-electron chi connectivity index (χ2n) is 7.71. The average molecular weight is 485 g/mol. The van der Waals surface area contributed by atoms with E-state index in [-0.39, 0.29) is 18.4 Å². The predicted molar refractivity (Wildman–Crippen MR) is 130 cm³/mol. The van der Waals surface area contributed by atoms with Crippen molar-refractivity contribution >= 4 is 40.3 Å². The molecule has 1 atom stereocenters. The molecule has 7 nitrogen and oxygen atoms in total. The molecule has 0 unspecified atom stereocenters. The van der Waals surface area contributed by atoms with Crippen molar-refractivity contribution in [2.45, 2.75) is 30.8 Å². The predicted octanol–water partition coefficient (Wildman–Crippen LogP) is 5.76. The molecular formula is C24H25ClN4O3S. The van der Waals surface area contributed by atoms with Gasteiger partial charge in [0.25, 0.3) is 0 Å². The van der Waals surface area contributed by atoms with Crippen LogP contribution < -0.4 is 0 Å². The maximum Gasteiger partial charge on any atom is 0.374 e. The third-order valence-corrected chi connectivity index (χ3v) is 6.60. The topological polar surface area (TPSA) is 73.4 Å². The normalized spacial score (nSPS) is 12.4. The summed E-state index contributed by atoms with van der Waals surface area (Å²) in [6.07, 6.45) is 0. The third kappa shape index (κ3) is 4.78. The molecule has 0 saturated heterocycles. The van der Waals surface area contributed by atoms with Crippen molar-refractivity contribution in [3.8, 4) is 5.69 Å². The zero-order chi connectivity index (χ0) is 23.5. The zero-order valence-corrected chi connectivity index (χ0v) is 20.5. The summed E-state index contributed by atoms with van der Waals surface area (Å²) >= 11 is 7.60. The highest BCUT2D eigenvalue weighted by molar-refractivity contribution is 7.98. The molecule has 0 fully saturated rings. The third-order valence-electron chi connectivity index (χ3n) is 5.40. The van der Waals surface area contributed by atoms with Gasteiger partial charge >= 0.3 is 5.97 Å². The number of ether oxygens (including phenoxy) is 1. The van der Waals surface area contributed by atoms with E-state index in [0.29, 0.717) is 21.5 Å². The van der Waals surface area contributed by atoms with Crippen LogP contribution in [0.5, 0.6) is 0 Å². The van der Waals surface area contributed by atoms with Crippen LogP contribution in [0, 0.1) is 0 Å².